The summed E-state index contributed by atoms with van der Waals surface area (Å²) in [6.45, 7) is 0. The van der Waals surface area contributed by atoms with Gasteiger partial charge in [-0.3, -0.25) is 0 Å². The molecule has 24 heavy (non-hydrogen) atoms. The van der Waals surface area contributed by atoms with Crippen LogP contribution in [-0.2, 0) is 10.0 Å². The van der Waals surface area contributed by atoms with Crippen LogP contribution in [0.1, 0.15) is 10.4 Å². The molecule has 0 amide bonds. The van der Waals surface area contributed by atoms with Gasteiger partial charge in [0.25, 0.3) is 0 Å². The number of primary sulfonamides is 1. The molecule has 0 saturated heterocycles. The van der Waals surface area contributed by atoms with Crippen molar-refractivity contribution in [2.75, 3.05) is 0 Å². The highest BCUT2D eigenvalue weighted by atomic mass is 32.2. The Bertz CT molecular complexity index is 1050. The molecule has 3 aromatic rings. The number of benzene rings is 3. The Morgan fingerprint density at radius 1 is 0.917 bits per heavy atom. The fourth-order valence-electron chi connectivity index (χ4n) is 2.44. The monoisotopic (exact) mass is 358 g/mol. The van der Waals surface area contributed by atoms with Crippen molar-refractivity contribution in [2.24, 2.45) is 5.14 Å². The molecule has 0 aromatic heterocycles. The summed E-state index contributed by atoms with van der Waals surface area (Å²) in [4.78, 5) is 12.0. The molecule has 5 nitrogen and oxygen atoms in total. The van der Waals surface area contributed by atoms with Crippen LogP contribution in [0, 0.1) is 0 Å². The molecule has 0 radical (unpaired) electrons. The lowest BCUT2D eigenvalue weighted by Gasteiger charge is -2.13. The van der Waals surface area contributed by atoms with E-state index >= 15 is 0 Å². The van der Waals surface area contributed by atoms with E-state index in [4.69, 9.17) is 5.14 Å². The summed E-state index contributed by atoms with van der Waals surface area (Å²) in [7, 11) is -4.00. The summed E-state index contributed by atoms with van der Waals surface area (Å²) in [5.74, 6) is -1.32. The third kappa shape index (κ3) is 3.14. The Labute approximate surface area is 143 Å². The third-order valence-corrected chi connectivity index (χ3v) is 5.73. The van der Waals surface area contributed by atoms with Gasteiger partial charge in [0.1, 0.15) is 4.90 Å². The number of fused-ring (bicyclic) bond motifs is 1. The van der Waals surface area contributed by atoms with E-state index < -0.39 is 16.0 Å². The van der Waals surface area contributed by atoms with E-state index in [9.17, 15) is 18.3 Å². The molecule has 0 aliphatic carbocycles. The number of hydrogen-bond acceptors (Lipinski definition) is 5. The van der Waals surface area contributed by atoms with Gasteiger partial charge in [0.2, 0.25) is 10.0 Å². The van der Waals surface area contributed by atoms with Crippen LogP contribution < -0.4 is 10.2 Å². The fourth-order valence-corrected chi connectivity index (χ4v) is 4.74. The molecule has 0 unspecified atom stereocenters. The molecule has 0 bridgehead atoms. The van der Waals surface area contributed by atoms with Crippen LogP contribution in [0.15, 0.2) is 75.4 Å². The molecule has 0 atom stereocenters. The molecular weight excluding hydrogens is 346 g/mol. The van der Waals surface area contributed by atoms with Crippen molar-refractivity contribution in [3.63, 3.8) is 0 Å². The molecule has 0 aliphatic rings. The molecular formula is C17H12NO4S2-. The number of carboxylic acids is 1. The number of hydrogen-bond donors (Lipinski definition) is 1. The summed E-state index contributed by atoms with van der Waals surface area (Å²) in [5, 5.41) is 17.9. The van der Waals surface area contributed by atoms with Gasteiger partial charge >= 0.3 is 0 Å². The highest BCUT2D eigenvalue weighted by Crippen LogP contribution is 2.37. The number of nitrogens with two attached hydrogens (primary N) is 1. The van der Waals surface area contributed by atoms with Crippen LogP contribution in [0.5, 0.6) is 0 Å². The summed E-state index contributed by atoms with van der Waals surface area (Å²) in [6, 6.07) is 16.6. The predicted molar refractivity (Wildman–Crippen MR) is 90.2 cm³/mol. The van der Waals surface area contributed by atoms with Crippen LogP contribution in [0.2, 0.25) is 0 Å². The molecule has 3 aromatic carbocycles. The van der Waals surface area contributed by atoms with E-state index in [1.54, 1.807) is 54.6 Å². The summed E-state index contributed by atoms with van der Waals surface area (Å²) in [6.07, 6.45) is 0. The van der Waals surface area contributed by atoms with E-state index in [-0.39, 0.29) is 10.5 Å². The van der Waals surface area contributed by atoms with E-state index in [0.717, 1.165) is 17.1 Å². The Morgan fingerprint density at radius 2 is 1.58 bits per heavy atom. The van der Waals surface area contributed by atoms with E-state index in [1.807, 2.05) is 0 Å². The minimum absolute atomic E-state index is 0.00368. The number of rotatable bonds is 4. The van der Waals surface area contributed by atoms with Gasteiger partial charge in [0.05, 0.1) is 5.97 Å². The lowest BCUT2D eigenvalue weighted by molar-refractivity contribution is -0.255. The maximum Gasteiger partial charge on any atom is 0.239 e. The van der Waals surface area contributed by atoms with Crippen molar-refractivity contribution in [3.05, 3.63) is 66.2 Å². The predicted octanol–water partition coefficient (Wildman–Crippen LogP) is 2.00. The van der Waals surface area contributed by atoms with Gasteiger partial charge in [0, 0.05) is 20.7 Å². The summed E-state index contributed by atoms with van der Waals surface area (Å²) in [5.41, 5.74) is -0.00368. The maximum atomic E-state index is 12.1. The van der Waals surface area contributed by atoms with Gasteiger partial charge < -0.3 is 9.90 Å². The van der Waals surface area contributed by atoms with Crippen LogP contribution in [0.25, 0.3) is 10.8 Å². The van der Waals surface area contributed by atoms with Crippen molar-refractivity contribution in [3.8, 4) is 0 Å². The second kappa shape index (κ2) is 6.27. The van der Waals surface area contributed by atoms with Crippen LogP contribution >= 0.6 is 11.8 Å². The number of carbonyl (C=O) groups is 1. The first-order valence-electron chi connectivity index (χ1n) is 6.91. The van der Waals surface area contributed by atoms with Gasteiger partial charge in [-0.1, -0.05) is 60.3 Å². The molecule has 0 spiro atoms. The zero-order chi connectivity index (χ0) is 17.3. The first-order chi connectivity index (χ1) is 11.4. The van der Waals surface area contributed by atoms with E-state index in [0.29, 0.717) is 15.2 Å². The molecule has 7 heteroatoms. The first kappa shape index (κ1) is 16.5. The van der Waals surface area contributed by atoms with E-state index in [2.05, 4.69) is 0 Å². The second-order valence-electron chi connectivity index (χ2n) is 5.04. The van der Waals surface area contributed by atoms with Crippen LogP contribution in [0.3, 0.4) is 0 Å². The van der Waals surface area contributed by atoms with Crippen molar-refractivity contribution in [1.29, 1.82) is 0 Å². The average molecular weight is 358 g/mol. The molecule has 0 saturated carbocycles. The van der Waals surface area contributed by atoms with Crippen molar-refractivity contribution in [2.45, 2.75) is 14.7 Å². The lowest BCUT2D eigenvalue weighted by atomic mass is 10.1. The summed E-state index contributed by atoms with van der Waals surface area (Å²) >= 11 is 1.03. The van der Waals surface area contributed by atoms with Crippen molar-refractivity contribution >= 4 is 38.5 Å². The van der Waals surface area contributed by atoms with Crippen molar-refractivity contribution in [1.82, 2.24) is 0 Å². The number of carbonyl (C=O) groups excluding carboxylic acids is 1. The Kier molecular flexibility index (Phi) is 4.31. The van der Waals surface area contributed by atoms with Crippen LogP contribution in [-0.4, -0.2) is 14.4 Å². The van der Waals surface area contributed by atoms with Gasteiger partial charge in [-0.15, -0.1) is 0 Å². The molecule has 0 aliphatic heterocycles. The Balaban J connectivity index is 2.23. The summed E-state index contributed by atoms with van der Waals surface area (Å²) < 4.78 is 24.2. The number of carboxylic acid groups (broad SMARTS) is 1. The topological polar surface area (TPSA) is 100 Å². The fraction of sp³-hybridized carbons (Fsp3) is 0. The largest absolute Gasteiger partial charge is 0.545 e. The highest BCUT2D eigenvalue weighted by Gasteiger charge is 2.19. The zero-order valence-electron chi connectivity index (χ0n) is 12.3. The van der Waals surface area contributed by atoms with Gasteiger partial charge in [0.15, 0.2) is 0 Å². The third-order valence-electron chi connectivity index (χ3n) is 3.45. The number of aromatic carboxylic acids is 1. The smallest absolute Gasteiger partial charge is 0.239 e. The van der Waals surface area contributed by atoms with Gasteiger partial charge in [-0.05, 0) is 17.5 Å². The first-order valence-corrected chi connectivity index (χ1v) is 9.27. The Hall–Kier alpha value is -2.35. The second-order valence-corrected chi connectivity index (χ2v) is 7.63. The lowest BCUT2D eigenvalue weighted by Crippen LogP contribution is -2.22. The zero-order valence-corrected chi connectivity index (χ0v) is 13.9. The van der Waals surface area contributed by atoms with Gasteiger partial charge in [-0.25, -0.2) is 13.6 Å². The highest BCUT2D eigenvalue weighted by molar-refractivity contribution is 8.00. The van der Waals surface area contributed by atoms with Crippen LogP contribution in [0.4, 0.5) is 0 Å². The standard InChI is InChI=1S/C17H13NO4S2/c18-24(21,22)16-12-6-2-1-5-11(12)9-10-15(16)23-14-8-4-3-7-13(14)17(19)20/h1-10H,(H,19,20)(H2,18,21,22)/p-1. The minimum atomic E-state index is -4.00. The van der Waals surface area contributed by atoms with Crippen molar-refractivity contribution < 1.29 is 18.3 Å². The quantitative estimate of drug-likeness (QED) is 0.769. The van der Waals surface area contributed by atoms with E-state index in [1.165, 1.54) is 6.07 Å². The molecule has 0 fully saturated rings. The average Bonchev–Trinajstić information content (AvgIpc) is 2.53. The molecule has 3 rings (SSSR count). The normalized spacial score (nSPS) is 11.5. The number of sulfonamides is 1. The maximum absolute atomic E-state index is 12.1. The molecule has 0 heterocycles. The SMILES string of the molecule is NS(=O)(=O)c1c(Sc2ccccc2C(=O)[O-])ccc2ccccc12. The minimum Gasteiger partial charge on any atom is -0.545 e. The Morgan fingerprint density at radius 3 is 2.29 bits per heavy atom. The van der Waals surface area contributed by atoms with Gasteiger partial charge in [-0.2, -0.15) is 0 Å². The molecule has 2 N–H and O–H groups in total. The molecule has 122 valence electrons.